The molecule has 1 fully saturated rings. The summed E-state index contributed by atoms with van der Waals surface area (Å²) in [5.41, 5.74) is 0.284. The van der Waals surface area contributed by atoms with Crippen molar-refractivity contribution in [2.45, 2.75) is 44.6 Å². The Labute approximate surface area is 137 Å². The van der Waals surface area contributed by atoms with Gasteiger partial charge in [-0.05, 0) is 31.0 Å². The van der Waals surface area contributed by atoms with Crippen molar-refractivity contribution in [3.8, 4) is 0 Å². The van der Waals surface area contributed by atoms with Crippen LogP contribution in [0.4, 0.5) is 5.82 Å². The van der Waals surface area contributed by atoms with Gasteiger partial charge < -0.3 is 10.0 Å². The van der Waals surface area contributed by atoms with Crippen molar-refractivity contribution in [1.29, 1.82) is 0 Å². The molecular weight excluding hydrogens is 288 g/mol. The molecule has 5 heteroatoms. The van der Waals surface area contributed by atoms with E-state index in [-0.39, 0.29) is 0 Å². The van der Waals surface area contributed by atoms with Gasteiger partial charge in [-0.1, -0.05) is 19.9 Å². The molecule has 1 N–H and O–H groups in total. The first kappa shape index (κ1) is 15.9. The molecule has 1 aliphatic heterocycles. The molecule has 2 aromatic heterocycles. The normalized spacial score (nSPS) is 17.5. The van der Waals surface area contributed by atoms with Crippen molar-refractivity contribution in [1.82, 2.24) is 15.0 Å². The molecule has 0 bridgehead atoms. The number of hydrogen-bond donors (Lipinski definition) is 1. The number of hydrogen-bond acceptors (Lipinski definition) is 5. The van der Waals surface area contributed by atoms with E-state index < -0.39 is 5.60 Å². The van der Waals surface area contributed by atoms with Crippen molar-refractivity contribution in [2.75, 3.05) is 18.0 Å². The second-order valence-corrected chi connectivity index (χ2v) is 6.64. The first-order valence-corrected chi connectivity index (χ1v) is 8.26. The summed E-state index contributed by atoms with van der Waals surface area (Å²) in [6.07, 6.45) is 5.67. The summed E-state index contributed by atoms with van der Waals surface area (Å²) in [5, 5.41) is 10.8. The van der Waals surface area contributed by atoms with E-state index in [0.717, 1.165) is 43.3 Å². The molecular formula is C18H24N4O. The van der Waals surface area contributed by atoms with Crippen molar-refractivity contribution in [3.05, 3.63) is 48.2 Å². The topological polar surface area (TPSA) is 62.1 Å². The minimum Gasteiger partial charge on any atom is -0.389 e. The monoisotopic (exact) mass is 312 g/mol. The summed E-state index contributed by atoms with van der Waals surface area (Å²) < 4.78 is 0. The van der Waals surface area contributed by atoms with Crippen molar-refractivity contribution in [3.63, 3.8) is 0 Å². The van der Waals surface area contributed by atoms with E-state index in [2.05, 4.69) is 33.7 Å². The fraction of sp³-hybridized carbons (Fsp3) is 0.500. The second-order valence-electron chi connectivity index (χ2n) is 6.64. The van der Waals surface area contributed by atoms with Crippen LogP contribution in [0.2, 0.25) is 0 Å². The molecule has 0 aromatic carbocycles. The molecule has 1 saturated heterocycles. The molecule has 23 heavy (non-hydrogen) atoms. The SMILES string of the molecule is CC(C)c1nccc(N2CCC(O)(Cc3ccccn3)CC2)n1. The average molecular weight is 312 g/mol. The van der Waals surface area contributed by atoms with Gasteiger partial charge in [0.05, 0.1) is 5.60 Å². The summed E-state index contributed by atoms with van der Waals surface area (Å²) in [6, 6.07) is 7.80. The second kappa shape index (κ2) is 6.62. The predicted octanol–water partition coefficient (Wildman–Crippen LogP) is 2.57. The quantitative estimate of drug-likeness (QED) is 0.940. The predicted molar refractivity (Wildman–Crippen MR) is 90.5 cm³/mol. The van der Waals surface area contributed by atoms with Gasteiger partial charge in [0.2, 0.25) is 0 Å². The molecule has 0 unspecified atom stereocenters. The van der Waals surface area contributed by atoms with Crippen molar-refractivity contribution >= 4 is 5.82 Å². The van der Waals surface area contributed by atoms with Crippen molar-refractivity contribution in [2.24, 2.45) is 0 Å². The zero-order valence-electron chi connectivity index (χ0n) is 13.8. The van der Waals surface area contributed by atoms with E-state index in [9.17, 15) is 5.11 Å². The first-order chi connectivity index (χ1) is 11.1. The molecule has 122 valence electrons. The van der Waals surface area contributed by atoms with Gasteiger partial charge in [-0.3, -0.25) is 4.98 Å². The molecule has 0 atom stereocenters. The summed E-state index contributed by atoms with van der Waals surface area (Å²) in [4.78, 5) is 15.5. The van der Waals surface area contributed by atoms with E-state index in [0.29, 0.717) is 12.3 Å². The zero-order chi connectivity index (χ0) is 16.3. The van der Waals surface area contributed by atoms with Crippen LogP contribution < -0.4 is 4.90 Å². The molecule has 2 aromatic rings. The van der Waals surface area contributed by atoms with Crippen LogP contribution in [0.3, 0.4) is 0 Å². The van der Waals surface area contributed by atoms with Crippen LogP contribution in [0.15, 0.2) is 36.7 Å². The van der Waals surface area contributed by atoms with Crippen LogP contribution in [0, 0.1) is 0 Å². The third kappa shape index (κ3) is 3.85. The van der Waals surface area contributed by atoms with Crippen LogP contribution in [0.1, 0.15) is 44.1 Å². The molecule has 5 nitrogen and oxygen atoms in total. The Balaban J connectivity index is 1.65. The summed E-state index contributed by atoms with van der Waals surface area (Å²) in [5.74, 6) is 2.15. The van der Waals surface area contributed by atoms with Crippen LogP contribution >= 0.6 is 0 Å². The Hall–Kier alpha value is -2.01. The van der Waals surface area contributed by atoms with Crippen LogP contribution in [0.5, 0.6) is 0 Å². The summed E-state index contributed by atoms with van der Waals surface area (Å²) in [6.45, 7) is 5.80. The van der Waals surface area contributed by atoms with E-state index >= 15 is 0 Å². The Bertz CT molecular complexity index is 636. The highest BCUT2D eigenvalue weighted by atomic mass is 16.3. The lowest BCUT2D eigenvalue weighted by atomic mass is 9.87. The van der Waals surface area contributed by atoms with Gasteiger partial charge in [0.1, 0.15) is 11.6 Å². The van der Waals surface area contributed by atoms with Crippen molar-refractivity contribution < 1.29 is 5.11 Å². The van der Waals surface area contributed by atoms with Gasteiger partial charge >= 0.3 is 0 Å². The first-order valence-electron chi connectivity index (χ1n) is 8.26. The van der Waals surface area contributed by atoms with Crippen LogP contribution in [0.25, 0.3) is 0 Å². The summed E-state index contributed by atoms with van der Waals surface area (Å²) >= 11 is 0. The Morgan fingerprint density at radius 2 is 1.91 bits per heavy atom. The number of anilines is 1. The number of nitrogens with zero attached hydrogens (tertiary/aromatic N) is 4. The highest BCUT2D eigenvalue weighted by molar-refractivity contribution is 5.38. The largest absolute Gasteiger partial charge is 0.389 e. The van der Waals surface area contributed by atoms with Gasteiger partial charge in [0.25, 0.3) is 0 Å². The Morgan fingerprint density at radius 3 is 2.57 bits per heavy atom. The summed E-state index contributed by atoms with van der Waals surface area (Å²) in [7, 11) is 0. The molecule has 0 radical (unpaired) electrons. The number of aliphatic hydroxyl groups is 1. The average Bonchev–Trinajstić information content (AvgIpc) is 2.56. The van der Waals surface area contributed by atoms with E-state index in [1.807, 2.05) is 30.5 Å². The maximum absolute atomic E-state index is 10.8. The molecule has 1 aliphatic rings. The van der Waals surface area contributed by atoms with Crippen LogP contribution in [-0.2, 0) is 6.42 Å². The van der Waals surface area contributed by atoms with E-state index in [1.54, 1.807) is 6.20 Å². The van der Waals surface area contributed by atoms with E-state index in [1.165, 1.54) is 0 Å². The molecule has 3 rings (SSSR count). The van der Waals surface area contributed by atoms with Gasteiger partial charge in [-0.2, -0.15) is 0 Å². The maximum Gasteiger partial charge on any atom is 0.133 e. The van der Waals surface area contributed by atoms with Gasteiger partial charge in [-0.15, -0.1) is 0 Å². The third-order valence-electron chi connectivity index (χ3n) is 4.43. The Morgan fingerprint density at radius 1 is 1.13 bits per heavy atom. The molecule has 0 spiro atoms. The molecule has 3 heterocycles. The highest BCUT2D eigenvalue weighted by Crippen LogP contribution is 2.28. The fourth-order valence-electron chi connectivity index (χ4n) is 2.99. The lowest BCUT2D eigenvalue weighted by Crippen LogP contribution is -2.46. The maximum atomic E-state index is 10.8. The van der Waals surface area contributed by atoms with Gasteiger partial charge in [-0.25, -0.2) is 9.97 Å². The van der Waals surface area contributed by atoms with Gasteiger partial charge in [0, 0.05) is 43.5 Å². The smallest absolute Gasteiger partial charge is 0.133 e. The minimum atomic E-state index is -0.668. The van der Waals surface area contributed by atoms with E-state index in [4.69, 9.17) is 0 Å². The Kier molecular flexibility index (Phi) is 4.57. The zero-order valence-corrected chi connectivity index (χ0v) is 13.8. The molecule has 0 aliphatic carbocycles. The number of rotatable bonds is 4. The standard InChI is InChI=1S/C18H24N4O/c1-14(2)17-20-10-6-16(21-17)22-11-7-18(23,8-12-22)13-15-5-3-4-9-19-15/h3-6,9-10,14,23H,7-8,11-13H2,1-2H3. The highest BCUT2D eigenvalue weighted by Gasteiger charge is 2.33. The fourth-order valence-corrected chi connectivity index (χ4v) is 2.99. The number of aromatic nitrogens is 3. The van der Waals surface area contributed by atoms with Crippen LogP contribution in [-0.4, -0.2) is 38.7 Å². The van der Waals surface area contributed by atoms with Gasteiger partial charge in [0.15, 0.2) is 0 Å². The molecule has 0 amide bonds. The minimum absolute atomic E-state index is 0.320. The lowest BCUT2D eigenvalue weighted by Gasteiger charge is -2.38. The third-order valence-corrected chi connectivity index (χ3v) is 4.43. The number of piperidine rings is 1. The number of pyridine rings is 1. The lowest BCUT2D eigenvalue weighted by molar-refractivity contribution is 0.0155. The molecule has 0 saturated carbocycles.